The van der Waals surface area contributed by atoms with E-state index in [1.165, 1.54) is 11.1 Å². The van der Waals surface area contributed by atoms with Crippen LogP contribution in [0.2, 0.25) is 0 Å². The van der Waals surface area contributed by atoms with E-state index >= 15 is 0 Å². The summed E-state index contributed by atoms with van der Waals surface area (Å²) in [6.07, 6.45) is 2.16. The van der Waals surface area contributed by atoms with Gasteiger partial charge >= 0.3 is 0 Å². The molecular formula is C18H15Br2NO. The van der Waals surface area contributed by atoms with E-state index in [4.69, 9.17) is 9.73 Å². The van der Waals surface area contributed by atoms with Crippen molar-refractivity contribution in [1.82, 2.24) is 0 Å². The lowest BCUT2D eigenvalue weighted by Gasteiger charge is -2.38. The smallest absolute Gasteiger partial charge is 0.217 e. The summed E-state index contributed by atoms with van der Waals surface area (Å²) < 4.78 is 7.50. The minimum Gasteiger partial charge on any atom is -0.463 e. The molecule has 0 fully saturated rings. The molecule has 1 aliphatic heterocycles. The molecule has 4 rings (SSSR count). The molecule has 0 bridgehead atoms. The number of alkyl halides is 1. The van der Waals surface area contributed by atoms with Gasteiger partial charge in [0.1, 0.15) is 0 Å². The van der Waals surface area contributed by atoms with Crippen LogP contribution in [0, 0.1) is 0 Å². The predicted octanol–water partition coefficient (Wildman–Crippen LogP) is 4.83. The van der Waals surface area contributed by atoms with Gasteiger partial charge in [-0.1, -0.05) is 56.1 Å². The fourth-order valence-electron chi connectivity index (χ4n) is 3.31. The van der Waals surface area contributed by atoms with Gasteiger partial charge in [-0.25, -0.2) is 4.99 Å². The Hall–Kier alpha value is -1.13. The van der Waals surface area contributed by atoms with Gasteiger partial charge in [0.25, 0.3) is 0 Å². The molecule has 2 atom stereocenters. The Balaban J connectivity index is 1.71. The third-order valence-electron chi connectivity index (χ3n) is 4.47. The first kappa shape index (κ1) is 14.5. The Morgan fingerprint density at radius 2 is 1.86 bits per heavy atom. The number of ether oxygens (including phenoxy) is 1. The Bertz CT molecular complexity index is 741. The lowest BCUT2D eigenvalue weighted by molar-refractivity contribution is 0.0755. The first-order chi connectivity index (χ1) is 10.7. The maximum atomic E-state index is 6.44. The van der Waals surface area contributed by atoms with E-state index in [1.54, 1.807) is 0 Å². The highest BCUT2D eigenvalue weighted by molar-refractivity contribution is 9.10. The first-order valence-electron chi connectivity index (χ1n) is 7.41. The van der Waals surface area contributed by atoms with Crippen LogP contribution >= 0.6 is 31.9 Å². The second kappa shape index (κ2) is 5.50. The number of hydrogen-bond acceptors (Lipinski definition) is 2. The van der Waals surface area contributed by atoms with Crippen molar-refractivity contribution in [3.05, 3.63) is 69.7 Å². The zero-order valence-corrected chi connectivity index (χ0v) is 15.1. The summed E-state index contributed by atoms with van der Waals surface area (Å²) in [6.45, 7) is 0.672. The maximum absolute atomic E-state index is 6.44. The number of halogens is 2. The molecule has 2 nitrogen and oxygen atoms in total. The van der Waals surface area contributed by atoms with E-state index in [2.05, 4.69) is 56.1 Å². The molecule has 2 aromatic carbocycles. The van der Waals surface area contributed by atoms with E-state index in [1.807, 2.05) is 24.3 Å². The van der Waals surface area contributed by atoms with Gasteiger partial charge in [-0.05, 0) is 42.7 Å². The molecule has 0 saturated carbocycles. The van der Waals surface area contributed by atoms with Crippen LogP contribution in [-0.4, -0.2) is 17.3 Å². The maximum Gasteiger partial charge on any atom is 0.217 e. The number of aliphatic imine (C=N–C) groups is 1. The number of aryl methyl sites for hydroxylation is 1. The monoisotopic (exact) mass is 419 g/mol. The first-order valence-corrected chi connectivity index (χ1v) is 9.12. The molecule has 0 N–H and O–H groups in total. The summed E-state index contributed by atoms with van der Waals surface area (Å²) >= 11 is 7.31. The van der Waals surface area contributed by atoms with Crippen molar-refractivity contribution in [2.75, 3.05) is 6.54 Å². The van der Waals surface area contributed by atoms with E-state index < -0.39 is 0 Å². The van der Waals surface area contributed by atoms with Crippen LogP contribution in [-0.2, 0) is 16.8 Å². The zero-order chi connectivity index (χ0) is 15.2. The number of fused-ring (bicyclic) bond motifs is 2. The Morgan fingerprint density at radius 1 is 1.09 bits per heavy atom. The highest BCUT2D eigenvalue weighted by Gasteiger charge is 2.49. The molecule has 22 heavy (non-hydrogen) atoms. The number of rotatable bonds is 1. The van der Waals surface area contributed by atoms with Crippen molar-refractivity contribution in [3.8, 4) is 0 Å². The fraction of sp³-hybridized carbons (Fsp3) is 0.278. The molecule has 0 aromatic heterocycles. The van der Waals surface area contributed by atoms with Gasteiger partial charge in [-0.2, -0.15) is 0 Å². The Labute approximate surface area is 146 Å². The minimum atomic E-state index is -0.364. The highest BCUT2D eigenvalue weighted by atomic mass is 79.9. The molecule has 112 valence electrons. The van der Waals surface area contributed by atoms with Crippen molar-refractivity contribution < 1.29 is 4.74 Å². The standard InChI is InChI=1S/C18H15Br2NO/c19-14-8-5-13(6-9-14)17-21-11-18(22-17)15-4-2-1-3-12(15)7-10-16(18)20/h1-6,8-9,16H,7,10-11H2/t16-,18-/m0/s1. The molecule has 0 unspecified atom stereocenters. The topological polar surface area (TPSA) is 21.6 Å². The molecule has 1 spiro atoms. The molecule has 1 aliphatic carbocycles. The zero-order valence-electron chi connectivity index (χ0n) is 11.9. The van der Waals surface area contributed by atoms with Gasteiger partial charge in [-0.15, -0.1) is 0 Å². The highest BCUT2D eigenvalue weighted by Crippen LogP contribution is 2.45. The second-order valence-electron chi connectivity index (χ2n) is 5.78. The Kier molecular flexibility index (Phi) is 3.61. The summed E-state index contributed by atoms with van der Waals surface area (Å²) in [6, 6.07) is 16.7. The lowest BCUT2D eigenvalue weighted by Crippen LogP contribution is -2.43. The fourth-order valence-corrected chi connectivity index (χ4v) is 4.29. The average Bonchev–Trinajstić information content (AvgIpc) is 2.99. The molecule has 1 heterocycles. The van der Waals surface area contributed by atoms with Crippen LogP contribution in [0.15, 0.2) is 58.0 Å². The van der Waals surface area contributed by atoms with Crippen LogP contribution in [0.5, 0.6) is 0 Å². The van der Waals surface area contributed by atoms with E-state index in [-0.39, 0.29) is 10.4 Å². The van der Waals surface area contributed by atoms with Crippen LogP contribution in [0.25, 0.3) is 0 Å². The van der Waals surface area contributed by atoms with Gasteiger partial charge in [-0.3, -0.25) is 0 Å². The third kappa shape index (κ3) is 2.24. The van der Waals surface area contributed by atoms with Crippen LogP contribution < -0.4 is 0 Å². The number of nitrogens with zero attached hydrogens (tertiary/aromatic N) is 1. The average molecular weight is 421 g/mol. The largest absolute Gasteiger partial charge is 0.463 e. The second-order valence-corrected chi connectivity index (χ2v) is 7.80. The van der Waals surface area contributed by atoms with Crippen molar-refractivity contribution in [1.29, 1.82) is 0 Å². The van der Waals surface area contributed by atoms with Crippen molar-refractivity contribution in [2.45, 2.75) is 23.3 Å². The van der Waals surface area contributed by atoms with E-state index in [0.717, 1.165) is 28.8 Å². The van der Waals surface area contributed by atoms with Crippen molar-refractivity contribution in [3.63, 3.8) is 0 Å². The molecule has 0 radical (unpaired) electrons. The normalized spacial score (nSPS) is 26.5. The molecular weight excluding hydrogens is 406 g/mol. The predicted molar refractivity (Wildman–Crippen MR) is 95.8 cm³/mol. The minimum absolute atomic E-state index is 0.284. The molecule has 0 saturated heterocycles. The summed E-state index contributed by atoms with van der Waals surface area (Å²) in [5, 5.41) is 0. The molecule has 4 heteroatoms. The summed E-state index contributed by atoms with van der Waals surface area (Å²) in [7, 11) is 0. The number of hydrogen-bond donors (Lipinski definition) is 0. The van der Waals surface area contributed by atoms with Crippen molar-refractivity contribution in [2.24, 2.45) is 4.99 Å². The lowest BCUT2D eigenvalue weighted by atomic mass is 9.79. The van der Waals surface area contributed by atoms with Crippen LogP contribution in [0.1, 0.15) is 23.1 Å². The van der Waals surface area contributed by atoms with Crippen LogP contribution in [0.4, 0.5) is 0 Å². The molecule has 2 aliphatic rings. The van der Waals surface area contributed by atoms with Crippen LogP contribution in [0.3, 0.4) is 0 Å². The summed E-state index contributed by atoms with van der Waals surface area (Å²) in [5.41, 5.74) is 3.32. The van der Waals surface area contributed by atoms with E-state index in [0.29, 0.717) is 6.54 Å². The number of benzene rings is 2. The molecule has 2 aromatic rings. The van der Waals surface area contributed by atoms with Gasteiger partial charge in [0.15, 0.2) is 5.60 Å². The summed E-state index contributed by atoms with van der Waals surface area (Å²) in [5.74, 6) is 0.744. The van der Waals surface area contributed by atoms with Gasteiger partial charge < -0.3 is 4.74 Å². The van der Waals surface area contributed by atoms with Gasteiger partial charge in [0.2, 0.25) is 5.90 Å². The van der Waals surface area contributed by atoms with Crippen molar-refractivity contribution >= 4 is 37.8 Å². The van der Waals surface area contributed by atoms with E-state index in [9.17, 15) is 0 Å². The third-order valence-corrected chi connectivity index (χ3v) is 6.20. The quantitative estimate of drug-likeness (QED) is 0.605. The van der Waals surface area contributed by atoms with Gasteiger partial charge in [0.05, 0.1) is 11.4 Å². The molecule has 0 amide bonds. The SMILES string of the molecule is Brc1ccc(C2=NC[C@]3(O2)c2ccccc2CC[C@@H]3Br)cc1. The van der Waals surface area contributed by atoms with Gasteiger partial charge in [0, 0.05) is 15.6 Å². The summed E-state index contributed by atoms with van der Waals surface area (Å²) in [4.78, 5) is 4.99. The Morgan fingerprint density at radius 3 is 2.68 bits per heavy atom.